The minimum atomic E-state index is -0.198. The van der Waals surface area contributed by atoms with Crippen molar-refractivity contribution in [1.82, 2.24) is 4.90 Å². The van der Waals surface area contributed by atoms with E-state index in [4.69, 9.17) is 10.00 Å². The maximum Gasteiger partial charge on any atom is 0.156 e. The third-order valence-corrected chi connectivity index (χ3v) is 3.03. The van der Waals surface area contributed by atoms with Gasteiger partial charge in [0.05, 0.1) is 12.7 Å². The van der Waals surface area contributed by atoms with Gasteiger partial charge in [-0.15, -0.1) is 0 Å². The van der Waals surface area contributed by atoms with Crippen LogP contribution in [-0.2, 0) is 4.74 Å². The highest BCUT2D eigenvalue weighted by Crippen LogP contribution is 2.32. The quantitative estimate of drug-likeness (QED) is 0.533. The Balaban J connectivity index is 2.08. The van der Waals surface area contributed by atoms with E-state index in [1.807, 2.05) is 0 Å². The number of morpholine rings is 1. The van der Waals surface area contributed by atoms with E-state index in [0.29, 0.717) is 0 Å². The molecule has 0 aliphatic carbocycles. The molecule has 0 saturated carbocycles. The van der Waals surface area contributed by atoms with Gasteiger partial charge in [0, 0.05) is 12.1 Å². The summed E-state index contributed by atoms with van der Waals surface area (Å²) in [7, 11) is 0. The van der Waals surface area contributed by atoms with E-state index in [1.165, 1.54) is 12.8 Å². The molecule has 0 amide bonds. The van der Waals surface area contributed by atoms with Crippen molar-refractivity contribution in [3.8, 4) is 6.07 Å². The lowest BCUT2D eigenvalue weighted by molar-refractivity contribution is -0.0657. The Morgan fingerprint density at radius 2 is 2.50 bits per heavy atom. The molecule has 2 rings (SSSR count). The van der Waals surface area contributed by atoms with Gasteiger partial charge in [0.15, 0.2) is 6.10 Å². The van der Waals surface area contributed by atoms with E-state index in [9.17, 15) is 0 Å². The molecular weight excluding hydrogens is 152 g/mol. The van der Waals surface area contributed by atoms with E-state index in [-0.39, 0.29) is 11.6 Å². The van der Waals surface area contributed by atoms with E-state index < -0.39 is 0 Å². The number of hydrogen-bond donors (Lipinski definition) is 0. The van der Waals surface area contributed by atoms with Crippen molar-refractivity contribution in [1.29, 1.82) is 5.26 Å². The molecule has 0 aromatic heterocycles. The standard InChI is InChI=1S/C9H14N2O/c1-9-3-2-4-11(9)6-8(5-10)12-7-9/h8H,2-4,6-7H2,1H3/t8-,9-/m1/s1. The van der Waals surface area contributed by atoms with Crippen LogP contribution in [0.3, 0.4) is 0 Å². The predicted octanol–water partition coefficient (Wildman–Crippen LogP) is 0.763. The minimum Gasteiger partial charge on any atom is -0.360 e. The lowest BCUT2D eigenvalue weighted by Gasteiger charge is -2.40. The van der Waals surface area contributed by atoms with Gasteiger partial charge >= 0.3 is 0 Å². The highest BCUT2D eigenvalue weighted by Gasteiger charge is 2.41. The van der Waals surface area contributed by atoms with Crippen molar-refractivity contribution in [2.24, 2.45) is 0 Å². The highest BCUT2D eigenvalue weighted by atomic mass is 16.5. The number of nitrogens with zero attached hydrogens (tertiary/aromatic N) is 2. The zero-order valence-electron chi connectivity index (χ0n) is 7.42. The summed E-state index contributed by atoms with van der Waals surface area (Å²) in [5.74, 6) is 0. The molecule has 0 radical (unpaired) electrons. The molecule has 2 aliphatic rings. The van der Waals surface area contributed by atoms with Gasteiger partial charge in [-0.05, 0) is 26.3 Å². The zero-order chi connectivity index (χ0) is 8.60. The Morgan fingerprint density at radius 3 is 3.25 bits per heavy atom. The Kier molecular flexibility index (Phi) is 1.82. The topological polar surface area (TPSA) is 36.3 Å². The van der Waals surface area contributed by atoms with Gasteiger partial charge in [0.1, 0.15) is 0 Å². The average molecular weight is 166 g/mol. The first-order valence-corrected chi connectivity index (χ1v) is 4.51. The number of hydrogen-bond acceptors (Lipinski definition) is 3. The fourth-order valence-corrected chi connectivity index (χ4v) is 2.16. The number of fused-ring (bicyclic) bond motifs is 1. The Bertz CT molecular complexity index is 223. The molecule has 0 bridgehead atoms. The van der Waals surface area contributed by atoms with Crippen LogP contribution in [0.5, 0.6) is 0 Å². The van der Waals surface area contributed by atoms with E-state index in [1.54, 1.807) is 0 Å². The summed E-state index contributed by atoms with van der Waals surface area (Å²) in [6.45, 7) is 4.89. The molecule has 3 nitrogen and oxygen atoms in total. The van der Waals surface area contributed by atoms with Crippen LogP contribution in [0.1, 0.15) is 19.8 Å². The highest BCUT2D eigenvalue weighted by molar-refractivity contribution is 5.00. The first-order valence-electron chi connectivity index (χ1n) is 4.51. The van der Waals surface area contributed by atoms with E-state index in [0.717, 1.165) is 19.7 Å². The van der Waals surface area contributed by atoms with Crippen LogP contribution >= 0.6 is 0 Å². The fraction of sp³-hybridized carbons (Fsp3) is 0.889. The summed E-state index contributed by atoms with van der Waals surface area (Å²) in [6, 6.07) is 2.17. The molecule has 3 heteroatoms. The molecule has 2 fully saturated rings. The molecular formula is C9H14N2O. The number of nitriles is 1. The lowest BCUT2D eigenvalue weighted by atomic mass is 9.98. The molecule has 0 spiro atoms. The molecule has 2 heterocycles. The molecule has 2 atom stereocenters. The van der Waals surface area contributed by atoms with Crippen LogP contribution in [0.4, 0.5) is 0 Å². The summed E-state index contributed by atoms with van der Waals surface area (Å²) < 4.78 is 5.44. The van der Waals surface area contributed by atoms with Gasteiger partial charge in [-0.3, -0.25) is 4.90 Å². The second-order valence-corrected chi connectivity index (χ2v) is 3.98. The van der Waals surface area contributed by atoms with Crippen molar-refractivity contribution in [2.75, 3.05) is 19.7 Å². The Labute approximate surface area is 72.9 Å². The van der Waals surface area contributed by atoms with Crippen molar-refractivity contribution in [2.45, 2.75) is 31.4 Å². The van der Waals surface area contributed by atoms with Gasteiger partial charge in [0.2, 0.25) is 0 Å². The molecule has 12 heavy (non-hydrogen) atoms. The second-order valence-electron chi connectivity index (χ2n) is 3.98. The van der Waals surface area contributed by atoms with Crippen LogP contribution in [0.15, 0.2) is 0 Å². The smallest absolute Gasteiger partial charge is 0.156 e. The second kappa shape index (κ2) is 2.72. The zero-order valence-corrected chi connectivity index (χ0v) is 7.42. The average Bonchev–Trinajstić information content (AvgIpc) is 2.45. The summed E-state index contributed by atoms with van der Waals surface area (Å²) >= 11 is 0. The molecule has 2 aliphatic heterocycles. The van der Waals surface area contributed by atoms with Crippen molar-refractivity contribution >= 4 is 0 Å². The third kappa shape index (κ3) is 1.12. The summed E-state index contributed by atoms with van der Waals surface area (Å²) in [6.07, 6.45) is 2.26. The van der Waals surface area contributed by atoms with Gasteiger partial charge in [-0.1, -0.05) is 0 Å². The molecule has 2 saturated heterocycles. The normalized spacial score (nSPS) is 42.2. The number of ether oxygens (including phenoxy) is 1. The van der Waals surface area contributed by atoms with Crippen molar-refractivity contribution in [3.05, 3.63) is 0 Å². The molecule has 0 unspecified atom stereocenters. The maximum atomic E-state index is 8.69. The Hall–Kier alpha value is -0.590. The largest absolute Gasteiger partial charge is 0.360 e. The van der Waals surface area contributed by atoms with Crippen LogP contribution in [0.25, 0.3) is 0 Å². The summed E-state index contributed by atoms with van der Waals surface area (Å²) in [5, 5.41) is 8.69. The fourth-order valence-electron chi connectivity index (χ4n) is 2.16. The van der Waals surface area contributed by atoms with Crippen LogP contribution in [-0.4, -0.2) is 36.2 Å². The number of rotatable bonds is 0. The van der Waals surface area contributed by atoms with E-state index in [2.05, 4.69) is 17.9 Å². The van der Waals surface area contributed by atoms with Crippen LogP contribution < -0.4 is 0 Å². The Morgan fingerprint density at radius 1 is 1.67 bits per heavy atom. The van der Waals surface area contributed by atoms with Gasteiger partial charge in [0.25, 0.3) is 0 Å². The monoisotopic (exact) mass is 166 g/mol. The molecule has 66 valence electrons. The first kappa shape index (κ1) is 8.03. The molecule has 0 aromatic carbocycles. The third-order valence-electron chi connectivity index (χ3n) is 3.03. The van der Waals surface area contributed by atoms with Gasteiger partial charge in [-0.2, -0.15) is 5.26 Å². The first-order chi connectivity index (χ1) is 5.74. The molecule has 0 N–H and O–H groups in total. The van der Waals surface area contributed by atoms with Gasteiger partial charge < -0.3 is 4.74 Å². The lowest BCUT2D eigenvalue weighted by Crippen LogP contribution is -2.53. The van der Waals surface area contributed by atoms with E-state index >= 15 is 0 Å². The predicted molar refractivity (Wildman–Crippen MR) is 44.6 cm³/mol. The minimum absolute atomic E-state index is 0.198. The molecule has 0 aromatic rings. The van der Waals surface area contributed by atoms with Gasteiger partial charge in [-0.25, -0.2) is 0 Å². The van der Waals surface area contributed by atoms with Crippen molar-refractivity contribution < 1.29 is 4.74 Å². The summed E-state index contributed by atoms with van der Waals surface area (Å²) in [4.78, 5) is 2.39. The maximum absolute atomic E-state index is 8.69. The van der Waals surface area contributed by atoms with Crippen molar-refractivity contribution in [3.63, 3.8) is 0 Å². The van der Waals surface area contributed by atoms with Crippen LogP contribution in [0.2, 0.25) is 0 Å². The summed E-state index contributed by atoms with van der Waals surface area (Å²) in [5.41, 5.74) is 0.230. The SMILES string of the molecule is C[C@]12CCCN1C[C@@H](C#N)OC2. The van der Waals surface area contributed by atoms with Crippen LogP contribution in [0, 0.1) is 11.3 Å².